The summed E-state index contributed by atoms with van der Waals surface area (Å²) in [4.78, 5) is 8.62. The number of allylic oxidation sites excluding steroid dienone is 1. The first-order valence-corrected chi connectivity index (χ1v) is 14.6. The molecule has 3 aromatic rings. The van der Waals surface area contributed by atoms with Crippen LogP contribution in [-0.2, 0) is 17.9 Å². The summed E-state index contributed by atoms with van der Waals surface area (Å²) in [6, 6.07) is 7.19. The minimum Gasteiger partial charge on any atom is -0.361 e. The summed E-state index contributed by atoms with van der Waals surface area (Å²) in [6.07, 6.45) is 10.9. The minimum atomic E-state index is -0.999. The topological polar surface area (TPSA) is 39.9 Å². The predicted molar refractivity (Wildman–Crippen MR) is 126 cm³/mol. The van der Waals surface area contributed by atoms with Crippen molar-refractivity contribution in [2.75, 3.05) is 6.61 Å². The van der Waals surface area contributed by atoms with Crippen molar-refractivity contribution in [2.24, 2.45) is 0 Å². The second-order valence-corrected chi connectivity index (χ2v) is 15.3. The van der Waals surface area contributed by atoms with Crippen LogP contribution in [0.25, 0.3) is 17.1 Å². The van der Waals surface area contributed by atoms with Crippen molar-refractivity contribution < 1.29 is 4.74 Å². The molecule has 148 valence electrons. The fraction of sp³-hybridized carbons (Fsp3) is 0.333. The van der Waals surface area contributed by atoms with Gasteiger partial charge in [0.2, 0.25) is 0 Å². The average Bonchev–Trinajstić information content (AvgIpc) is 3.27. The monoisotopic (exact) mass is 521 g/mol. The molecule has 7 heteroatoms. The number of pyridine rings is 2. The second-order valence-electron chi connectivity index (χ2n) is 7.92. The van der Waals surface area contributed by atoms with Gasteiger partial charge in [-0.15, -0.1) is 0 Å². The molecule has 0 radical (unpaired) electrons. The third-order valence-corrected chi connectivity index (χ3v) is 7.54. The smallest absolute Gasteiger partial charge is 0.142 e. The summed E-state index contributed by atoms with van der Waals surface area (Å²) in [6.45, 7) is 8.50. The van der Waals surface area contributed by atoms with Gasteiger partial charge in [0.05, 0.1) is 5.69 Å². The van der Waals surface area contributed by atoms with E-state index in [2.05, 4.69) is 79.7 Å². The Morgan fingerprint density at radius 3 is 2.57 bits per heavy atom. The lowest BCUT2D eigenvalue weighted by Gasteiger charge is -2.15. The second kappa shape index (κ2) is 9.48. The van der Waals surface area contributed by atoms with Crippen molar-refractivity contribution in [2.45, 2.75) is 38.8 Å². The average molecular weight is 523 g/mol. The van der Waals surface area contributed by atoms with Crippen LogP contribution in [0.1, 0.15) is 11.3 Å². The van der Waals surface area contributed by atoms with Crippen molar-refractivity contribution >= 4 is 57.0 Å². The highest BCUT2D eigenvalue weighted by atomic mass is 79.9. The Balaban J connectivity index is 0.000000188. The van der Waals surface area contributed by atoms with Gasteiger partial charge in [-0.1, -0.05) is 47.7 Å². The summed E-state index contributed by atoms with van der Waals surface area (Å²) >= 11 is 6.99. The number of hydrogen-bond acceptors (Lipinski definition) is 3. The van der Waals surface area contributed by atoms with Crippen LogP contribution in [0.4, 0.5) is 0 Å². The molecule has 0 saturated heterocycles. The molecular formula is C21H25Br2N3OSi. The lowest BCUT2D eigenvalue weighted by Crippen LogP contribution is -2.22. The molecule has 4 nitrogen and oxygen atoms in total. The zero-order chi connectivity index (χ0) is 20.1. The molecule has 3 heterocycles. The summed E-state index contributed by atoms with van der Waals surface area (Å²) in [7, 11) is -0.999. The van der Waals surface area contributed by atoms with Crippen molar-refractivity contribution in [3.63, 3.8) is 0 Å². The van der Waals surface area contributed by atoms with Gasteiger partial charge in [-0.2, -0.15) is 0 Å². The van der Waals surface area contributed by atoms with Gasteiger partial charge in [-0.3, -0.25) is 4.98 Å². The largest absolute Gasteiger partial charge is 0.361 e. The molecule has 0 bridgehead atoms. The van der Waals surface area contributed by atoms with E-state index in [4.69, 9.17) is 4.74 Å². The molecule has 28 heavy (non-hydrogen) atoms. The van der Waals surface area contributed by atoms with Gasteiger partial charge in [0.15, 0.2) is 0 Å². The Bertz CT molecular complexity index is 979. The quantitative estimate of drug-likeness (QED) is 0.282. The van der Waals surface area contributed by atoms with E-state index >= 15 is 0 Å². The molecular weight excluding hydrogens is 498 g/mol. The highest BCUT2D eigenvalue weighted by Gasteiger charge is 2.12. The van der Waals surface area contributed by atoms with Gasteiger partial charge in [-0.05, 0) is 40.2 Å². The van der Waals surface area contributed by atoms with E-state index < -0.39 is 8.07 Å². The third-order valence-electron chi connectivity index (χ3n) is 4.45. The van der Waals surface area contributed by atoms with Gasteiger partial charge in [0.1, 0.15) is 12.4 Å². The molecule has 0 fully saturated rings. The Morgan fingerprint density at radius 1 is 1.07 bits per heavy atom. The zero-order valence-electron chi connectivity index (χ0n) is 16.5. The van der Waals surface area contributed by atoms with Crippen LogP contribution in [0, 0.1) is 0 Å². The molecule has 0 unspecified atom stereocenters. The van der Waals surface area contributed by atoms with Crippen LogP contribution in [0.3, 0.4) is 0 Å². The maximum absolute atomic E-state index is 5.74. The minimum absolute atomic E-state index is 0.581. The molecule has 0 amide bonds. The molecule has 0 spiro atoms. The summed E-state index contributed by atoms with van der Waals surface area (Å²) in [5.41, 5.74) is 3.38. The molecule has 0 aliphatic heterocycles. The highest BCUT2D eigenvalue weighted by molar-refractivity contribution is 9.11. The molecule has 0 saturated carbocycles. The van der Waals surface area contributed by atoms with Crippen LogP contribution in [0.2, 0.25) is 25.7 Å². The van der Waals surface area contributed by atoms with Crippen LogP contribution in [0.15, 0.2) is 51.8 Å². The summed E-state index contributed by atoms with van der Waals surface area (Å²) in [5, 5.41) is 1.13. The van der Waals surface area contributed by atoms with E-state index in [-0.39, 0.29) is 0 Å². The Kier molecular flexibility index (Phi) is 7.25. The molecule has 1 aliphatic carbocycles. The summed E-state index contributed by atoms with van der Waals surface area (Å²) in [5.74, 6) is 0. The Morgan fingerprint density at radius 2 is 1.82 bits per heavy atom. The van der Waals surface area contributed by atoms with E-state index in [1.807, 2.05) is 35.3 Å². The molecule has 3 aromatic heterocycles. The maximum Gasteiger partial charge on any atom is 0.142 e. The fourth-order valence-electron chi connectivity index (χ4n) is 2.82. The number of ether oxygens (including phenoxy) is 1. The van der Waals surface area contributed by atoms with Gasteiger partial charge in [-0.25, -0.2) is 4.98 Å². The van der Waals surface area contributed by atoms with E-state index in [1.165, 1.54) is 17.3 Å². The van der Waals surface area contributed by atoms with Gasteiger partial charge >= 0.3 is 0 Å². The van der Waals surface area contributed by atoms with Crippen molar-refractivity contribution in [1.29, 1.82) is 0 Å². The van der Waals surface area contributed by atoms with Gasteiger partial charge < -0.3 is 9.30 Å². The van der Waals surface area contributed by atoms with Crippen LogP contribution in [0.5, 0.6) is 0 Å². The third kappa shape index (κ3) is 5.62. The van der Waals surface area contributed by atoms with Gasteiger partial charge in [0.25, 0.3) is 0 Å². The summed E-state index contributed by atoms with van der Waals surface area (Å²) < 4.78 is 10.0. The van der Waals surface area contributed by atoms with Crippen LogP contribution in [-0.4, -0.2) is 29.2 Å². The van der Waals surface area contributed by atoms with Crippen molar-refractivity contribution in [1.82, 2.24) is 14.5 Å². The highest BCUT2D eigenvalue weighted by Crippen LogP contribution is 2.25. The van der Waals surface area contributed by atoms with Gasteiger partial charge in [0, 0.05) is 59.6 Å². The first-order chi connectivity index (χ1) is 13.3. The molecule has 0 N–H and O–H groups in total. The Labute approximate surface area is 184 Å². The van der Waals surface area contributed by atoms with Crippen LogP contribution >= 0.6 is 31.9 Å². The zero-order valence-corrected chi connectivity index (χ0v) is 20.6. The number of rotatable bonds is 5. The lowest BCUT2D eigenvalue weighted by molar-refractivity contribution is 0.0899. The lowest BCUT2D eigenvalue weighted by atomic mass is 10.2. The Hall–Kier alpha value is -1.28. The maximum atomic E-state index is 5.74. The number of hydrogen-bond donors (Lipinski definition) is 0. The molecule has 1 aliphatic rings. The van der Waals surface area contributed by atoms with E-state index in [0.717, 1.165) is 33.0 Å². The molecule has 4 rings (SSSR count). The number of fused-ring (bicyclic) bond motifs is 2. The van der Waals surface area contributed by atoms with E-state index in [9.17, 15) is 0 Å². The fourth-order valence-corrected chi connectivity index (χ4v) is 4.48. The van der Waals surface area contributed by atoms with Crippen molar-refractivity contribution in [3.05, 3.63) is 63.1 Å². The standard InChI is InChI=1S/C13H19BrN2OSi.C8H6BrN/c1-18(2,3)9-8-17-10-16-7-5-11-12(14)4-6-15-13(11)16;9-7-4-5-10-8-3-1-2-6(7)8/h4-7H,8-10H2,1-3H3;1-2,4-5H,3H2. The first kappa shape index (κ1) is 21.4. The number of aromatic nitrogens is 3. The predicted octanol–water partition coefficient (Wildman–Crippen LogP) is 6.52. The number of nitrogens with zero attached hydrogens (tertiary/aromatic N) is 3. The first-order valence-electron chi connectivity index (χ1n) is 9.32. The molecule has 0 aromatic carbocycles. The van der Waals surface area contributed by atoms with Crippen molar-refractivity contribution in [3.8, 4) is 0 Å². The van der Waals surface area contributed by atoms with E-state index in [1.54, 1.807) is 0 Å². The van der Waals surface area contributed by atoms with E-state index in [0.29, 0.717) is 6.73 Å². The molecule has 0 atom stereocenters. The normalized spacial score (nSPS) is 12.8. The van der Waals surface area contributed by atoms with Crippen LogP contribution < -0.4 is 0 Å². The number of halogens is 2. The SMILES string of the molecule is Brc1ccnc2c1C=CC2.C[Si](C)(C)CCOCn1ccc2c(Br)ccnc21.